The van der Waals surface area contributed by atoms with Crippen LogP contribution in [0.3, 0.4) is 0 Å². The second-order valence-corrected chi connectivity index (χ2v) is 6.03. The molecule has 0 spiro atoms. The van der Waals surface area contributed by atoms with Crippen molar-refractivity contribution in [2.45, 2.75) is 44.6 Å². The van der Waals surface area contributed by atoms with E-state index in [1.54, 1.807) is 12.1 Å². The van der Waals surface area contributed by atoms with Crippen molar-refractivity contribution < 1.29 is 13.2 Å². The Bertz CT molecular complexity index is 567. The van der Waals surface area contributed by atoms with Crippen molar-refractivity contribution in [1.29, 1.82) is 0 Å². The molecule has 1 unspecified atom stereocenters. The SMILES string of the molecule is CCc1ccc(C(=O)NC(C)CC)cc1S(N)(=O)=O. The lowest BCUT2D eigenvalue weighted by molar-refractivity contribution is 0.0939. The van der Waals surface area contributed by atoms with E-state index in [2.05, 4.69) is 5.32 Å². The zero-order valence-corrected chi connectivity index (χ0v) is 12.3. The molecular weight excluding hydrogens is 264 g/mol. The number of sulfonamides is 1. The van der Waals surface area contributed by atoms with Crippen molar-refractivity contribution >= 4 is 15.9 Å². The van der Waals surface area contributed by atoms with Gasteiger partial charge in [0.1, 0.15) is 0 Å². The van der Waals surface area contributed by atoms with Gasteiger partial charge in [0, 0.05) is 11.6 Å². The summed E-state index contributed by atoms with van der Waals surface area (Å²) in [5.74, 6) is -0.290. The first-order valence-corrected chi connectivity index (χ1v) is 7.80. The molecule has 0 radical (unpaired) electrons. The Morgan fingerprint density at radius 1 is 1.37 bits per heavy atom. The Labute approximate surface area is 114 Å². The third-order valence-electron chi connectivity index (χ3n) is 3.01. The van der Waals surface area contributed by atoms with Gasteiger partial charge in [-0.3, -0.25) is 4.79 Å². The van der Waals surface area contributed by atoms with Crippen LogP contribution in [0.1, 0.15) is 43.1 Å². The third kappa shape index (κ3) is 4.04. The maximum Gasteiger partial charge on any atom is 0.251 e. The van der Waals surface area contributed by atoms with Gasteiger partial charge in [-0.15, -0.1) is 0 Å². The number of aryl methyl sites for hydroxylation is 1. The predicted molar refractivity (Wildman–Crippen MR) is 74.4 cm³/mol. The van der Waals surface area contributed by atoms with Crippen LogP contribution < -0.4 is 10.5 Å². The summed E-state index contributed by atoms with van der Waals surface area (Å²) < 4.78 is 23.0. The average Bonchev–Trinajstić information content (AvgIpc) is 2.36. The smallest absolute Gasteiger partial charge is 0.251 e. The molecule has 0 aliphatic rings. The van der Waals surface area contributed by atoms with Crippen molar-refractivity contribution in [3.05, 3.63) is 29.3 Å². The zero-order valence-electron chi connectivity index (χ0n) is 11.4. The number of primary sulfonamides is 1. The minimum absolute atomic E-state index is 0.0202. The molecule has 0 fully saturated rings. The molecule has 5 nitrogen and oxygen atoms in total. The van der Waals surface area contributed by atoms with Gasteiger partial charge in [-0.2, -0.15) is 0 Å². The van der Waals surface area contributed by atoms with Gasteiger partial charge in [-0.25, -0.2) is 13.6 Å². The van der Waals surface area contributed by atoms with Crippen LogP contribution in [0.4, 0.5) is 0 Å². The number of carbonyl (C=O) groups is 1. The summed E-state index contributed by atoms with van der Waals surface area (Å²) in [6, 6.07) is 4.62. The van der Waals surface area contributed by atoms with Crippen molar-refractivity contribution in [1.82, 2.24) is 5.32 Å². The number of benzene rings is 1. The molecule has 1 amide bonds. The Kier molecular flexibility index (Phi) is 5.08. The van der Waals surface area contributed by atoms with Crippen LogP contribution in [0, 0.1) is 0 Å². The molecule has 0 heterocycles. The van der Waals surface area contributed by atoms with E-state index in [0.717, 1.165) is 6.42 Å². The highest BCUT2D eigenvalue weighted by atomic mass is 32.2. The minimum atomic E-state index is -3.82. The van der Waals surface area contributed by atoms with E-state index in [9.17, 15) is 13.2 Å². The van der Waals surface area contributed by atoms with E-state index in [-0.39, 0.29) is 16.8 Å². The van der Waals surface area contributed by atoms with Gasteiger partial charge in [-0.1, -0.05) is 19.9 Å². The van der Waals surface area contributed by atoms with E-state index in [1.807, 2.05) is 20.8 Å². The fourth-order valence-corrected chi connectivity index (χ4v) is 2.53. The molecule has 19 heavy (non-hydrogen) atoms. The number of nitrogens with two attached hydrogens (primary N) is 1. The maximum atomic E-state index is 11.9. The van der Waals surface area contributed by atoms with Crippen LogP contribution in [-0.4, -0.2) is 20.4 Å². The molecule has 0 bridgehead atoms. The molecule has 0 aromatic heterocycles. The van der Waals surface area contributed by atoms with Crippen LogP contribution in [0.25, 0.3) is 0 Å². The van der Waals surface area contributed by atoms with Gasteiger partial charge in [0.15, 0.2) is 0 Å². The highest BCUT2D eigenvalue weighted by Gasteiger charge is 2.17. The molecule has 1 rings (SSSR count). The standard InChI is InChI=1S/C13H20N2O3S/c1-4-9(3)15-13(16)11-7-6-10(5-2)12(8-11)19(14,17)18/h6-9H,4-5H2,1-3H3,(H,15,16)(H2,14,17,18). The molecule has 0 saturated carbocycles. The second kappa shape index (κ2) is 6.16. The first kappa shape index (κ1) is 15.7. The molecule has 6 heteroatoms. The largest absolute Gasteiger partial charge is 0.350 e. The Morgan fingerprint density at radius 2 is 2.00 bits per heavy atom. The fourth-order valence-electron chi connectivity index (χ4n) is 1.66. The highest BCUT2D eigenvalue weighted by Crippen LogP contribution is 2.17. The van der Waals surface area contributed by atoms with Gasteiger partial charge in [0.2, 0.25) is 10.0 Å². The second-order valence-electron chi connectivity index (χ2n) is 4.50. The number of nitrogens with one attached hydrogen (secondary N) is 1. The van der Waals surface area contributed by atoms with Crippen molar-refractivity contribution in [3.8, 4) is 0 Å². The topological polar surface area (TPSA) is 89.3 Å². The first-order valence-electron chi connectivity index (χ1n) is 6.26. The number of hydrogen-bond donors (Lipinski definition) is 2. The highest BCUT2D eigenvalue weighted by molar-refractivity contribution is 7.89. The number of rotatable bonds is 5. The molecular formula is C13H20N2O3S. The lowest BCUT2D eigenvalue weighted by Gasteiger charge is -2.13. The van der Waals surface area contributed by atoms with Crippen molar-refractivity contribution in [2.24, 2.45) is 5.14 Å². The minimum Gasteiger partial charge on any atom is -0.350 e. The van der Waals surface area contributed by atoms with E-state index >= 15 is 0 Å². The summed E-state index contributed by atoms with van der Waals surface area (Å²) in [6.45, 7) is 5.68. The Balaban J connectivity index is 3.16. The van der Waals surface area contributed by atoms with E-state index in [1.165, 1.54) is 6.07 Å². The first-order chi connectivity index (χ1) is 8.79. The molecule has 0 aliphatic carbocycles. The maximum absolute atomic E-state index is 11.9. The summed E-state index contributed by atoms with van der Waals surface area (Å²) in [5, 5.41) is 7.96. The fraction of sp³-hybridized carbons (Fsp3) is 0.462. The average molecular weight is 284 g/mol. The van der Waals surface area contributed by atoms with Crippen molar-refractivity contribution in [3.63, 3.8) is 0 Å². The molecule has 0 aliphatic heterocycles. The van der Waals surface area contributed by atoms with Gasteiger partial charge in [0.05, 0.1) is 4.90 Å². The number of amides is 1. The van der Waals surface area contributed by atoms with Crippen LogP contribution in [0.15, 0.2) is 23.1 Å². The molecule has 1 aromatic carbocycles. The van der Waals surface area contributed by atoms with Gasteiger partial charge in [0.25, 0.3) is 5.91 Å². The summed E-state index contributed by atoms with van der Waals surface area (Å²) in [6.07, 6.45) is 1.35. The quantitative estimate of drug-likeness (QED) is 0.857. The van der Waals surface area contributed by atoms with Crippen LogP contribution >= 0.6 is 0 Å². The van der Waals surface area contributed by atoms with E-state index in [4.69, 9.17) is 5.14 Å². The molecule has 3 N–H and O–H groups in total. The van der Waals surface area contributed by atoms with Gasteiger partial charge >= 0.3 is 0 Å². The van der Waals surface area contributed by atoms with Crippen molar-refractivity contribution in [2.75, 3.05) is 0 Å². The summed E-state index contributed by atoms with van der Waals surface area (Å²) in [7, 11) is -3.82. The lowest BCUT2D eigenvalue weighted by Crippen LogP contribution is -2.32. The van der Waals surface area contributed by atoms with Crippen LogP contribution in [-0.2, 0) is 16.4 Å². The normalized spacial score (nSPS) is 13.1. The summed E-state index contributed by atoms with van der Waals surface area (Å²) in [5.41, 5.74) is 0.920. The Morgan fingerprint density at radius 3 is 2.47 bits per heavy atom. The molecule has 0 saturated heterocycles. The summed E-state index contributed by atoms with van der Waals surface area (Å²) >= 11 is 0. The Hall–Kier alpha value is -1.40. The van der Waals surface area contributed by atoms with E-state index < -0.39 is 10.0 Å². The molecule has 1 atom stereocenters. The zero-order chi connectivity index (χ0) is 14.6. The van der Waals surface area contributed by atoms with Crippen LogP contribution in [0.2, 0.25) is 0 Å². The van der Waals surface area contributed by atoms with Crippen LogP contribution in [0.5, 0.6) is 0 Å². The van der Waals surface area contributed by atoms with Gasteiger partial charge in [-0.05, 0) is 37.5 Å². The van der Waals surface area contributed by atoms with Gasteiger partial charge < -0.3 is 5.32 Å². The van der Waals surface area contributed by atoms with E-state index in [0.29, 0.717) is 17.5 Å². The number of carbonyl (C=O) groups excluding carboxylic acids is 1. The summed E-state index contributed by atoms with van der Waals surface area (Å²) in [4.78, 5) is 12.0. The lowest BCUT2D eigenvalue weighted by atomic mass is 10.1. The number of hydrogen-bond acceptors (Lipinski definition) is 3. The predicted octanol–water partition coefficient (Wildman–Crippen LogP) is 1.42. The molecule has 106 valence electrons. The monoisotopic (exact) mass is 284 g/mol. The molecule has 1 aromatic rings. The third-order valence-corrected chi connectivity index (χ3v) is 4.00.